The first-order valence-corrected chi connectivity index (χ1v) is 9.22. The van der Waals surface area contributed by atoms with Crippen LogP contribution in [-0.2, 0) is 20.4 Å². The van der Waals surface area contributed by atoms with Crippen LogP contribution in [0.1, 0.15) is 85.0 Å². The third kappa shape index (κ3) is 5.47. The fourth-order valence-corrected chi connectivity index (χ4v) is 2.96. The van der Waals surface area contributed by atoms with Gasteiger partial charge in [-0.1, -0.05) is 41.5 Å². The summed E-state index contributed by atoms with van der Waals surface area (Å²) in [5.74, 6) is 0.0309. The van der Waals surface area contributed by atoms with E-state index in [2.05, 4.69) is 41.5 Å². The highest BCUT2D eigenvalue weighted by Gasteiger charge is 2.33. The highest BCUT2D eigenvalue weighted by molar-refractivity contribution is 5.78. The summed E-state index contributed by atoms with van der Waals surface area (Å²) < 4.78 is 5.65. The van der Waals surface area contributed by atoms with E-state index in [4.69, 9.17) is 4.74 Å². The number of nitrogens with zero attached hydrogens (tertiary/aromatic N) is 1. The van der Waals surface area contributed by atoms with Crippen molar-refractivity contribution in [3.05, 3.63) is 28.8 Å². The van der Waals surface area contributed by atoms with Gasteiger partial charge in [-0.05, 0) is 74.5 Å². The molecule has 1 unspecified atom stereocenters. The molecule has 1 aromatic rings. The minimum atomic E-state index is -0.554. The molecule has 0 amide bonds. The Balaban J connectivity index is 3.65. The lowest BCUT2D eigenvalue weighted by Gasteiger charge is -2.32. The second kappa shape index (κ2) is 7.22. The van der Waals surface area contributed by atoms with Gasteiger partial charge >= 0.3 is 5.97 Å². The summed E-state index contributed by atoms with van der Waals surface area (Å²) in [6, 6.07) is 3.36. The third-order valence-corrected chi connectivity index (χ3v) is 4.21. The molecule has 0 aromatic heterocycles. The summed E-state index contributed by atoms with van der Waals surface area (Å²) in [5.41, 5.74) is 1.49. The van der Waals surface area contributed by atoms with Crippen LogP contribution in [0.4, 0.5) is 0 Å². The fraction of sp³-hybridized carbons (Fsp3) is 0.682. The molecule has 0 spiro atoms. The number of likely N-dealkylation sites (N-methyl/N-ethyl adjacent to an activating group) is 1. The van der Waals surface area contributed by atoms with Crippen LogP contribution in [0.25, 0.3) is 0 Å². The van der Waals surface area contributed by atoms with Crippen molar-refractivity contribution in [3.63, 3.8) is 0 Å². The summed E-state index contributed by atoms with van der Waals surface area (Å²) >= 11 is 0. The summed E-state index contributed by atoms with van der Waals surface area (Å²) in [7, 11) is 3.74. The first-order chi connectivity index (χ1) is 11.4. The van der Waals surface area contributed by atoms with Gasteiger partial charge in [-0.15, -0.1) is 0 Å². The molecule has 0 aliphatic carbocycles. The fourth-order valence-electron chi connectivity index (χ4n) is 2.96. The van der Waals surface area contributed by atoms with Crippen LogP contribution in [0.5, 0.6) is 5.75 Å². The molecule has 1 rings (SSSR count). The normalized spacial score (nSPS) is 14.5. The van der Waals surface area contributed by atoms with E-state index in [0.29, 0.717) is 5.75 Å². The third-order valence-electron chi connectivity index (χ3n) is 4.21. The molecule has 0 bridgehead atoms. The van der Waals surface area contributed by atoms with Crippen LogP contribution in [0.2, 0.25) is 0 Å². The lowest BCUT2D eigenvalue weighted by molar-refractivity contribution is -0.160. The topological polar surface area (TPSA) is 49.8 Å². The van der Waals surface area contributed by atoms with Crippen molar-refractivity contribution >= 4 is 5.97 Å². The lowest BCUT2D eigenvalue weighted by Crippen LogP contribution is -2.35. The zero-order valence-corrected chi connectivity index (χ0v) is 18.4. The Labute approximate surface area is 159 Å². The van der Waals surface area contributed by atoms with E-state index >= 15 is 0 Å². The molecule has 0 aliphatic heterocycles. The van der Waals surface area contributed by atoms with E-state index in [0.717, 1.165) is 16.7 Å². The predicted molar refractivity (Wildman–Crippen MR) is 108 cm³/mol. The Hall–Kier alpha value is -1.55. The molecule has 1 N–H and O–H groups in total. The number of carbonyl (C=O) groups excluding carboxylic acids is 1. The number of rotatable bonds is 3. The van der Waals surface area contributed by atoms with Gasteiger partial charge in [-0.2, -0.15) is 0 Å². The number of hydrogen-bond acceptors (Lipinski definition) is 4. The number of phenols is 1. The van der Waals surface area contributed by atoms with E-state index in [9.17, 15) is 9.90 Å². The van der Waals surface area contributed by atoms with E-state index in [1.807, 2.05) is 51.9 Å². The summed E-state index contributed by atoms with van der Waals surface area (Å²) in [4.78, 5) is 14.7. The number of hydrogen-bond donors (Lipinski definition) is 1. The van der Waals surface area contributed by atoms with Crippen molar-refractivity contribution in [2.45, 2.75) is 84.8 Å². The van der Waals surface area contributed by atoms with Gasteiger partial charge in [0, 0.05) is 0 Å². The Morgan fingerprint density at radius 2 is 1.31 bits per heavy atom. The number of phenolic OH excluding ortho intramolecular Hbond substituents is 1. The molecule has 0 heterocycles. The Morgan fingerprint density at radius 1 is 0.923 bits per heavy atom. The average molecular weight is 364 g/mol. The molecule has 4 heteroatoms. The monoisotopic (exact) mass is 363 g/mol. The SMILES string of the molecule is CN(C)C(C(=O)OC(C)(C)C)c1cc(C(C)(C)C)c(O)c(C(C)(C)C)c1. The highest BCUT2D eigenvalue weighted by Crippen LogP contribution is 2.41. The molecule has 148 valence electrons. The summed E-state index contributed by atoms with van der Waals surface area (Å²) in [6.45, 7) is 18.0. The minimum Gasteiger partial charge on any atom is -0.507 e. The van der Waals surface area contributed by atoms with Gasteiger partial charge in [0.1, 0.15) is 17.4 Å². The summed E-state index contributed by atoms with van der Waals surface area (Å²) in [6.07, 6.45) is 0. The lowest BCUT2D eigenvalue weighted by atomic mass is 9.77. The van der Waals surface area contributed by atoms with E-state index < -0.39 is 11.6 Å². The predicted octanol–water partition coefficient (Wildman–Crippen LogP) is 4.93. The molecule has 1 atom stereocenters. The molecule has 26 heavy (non-hydrogen) atoms. The maximum Gasteiger partial charge on any atom is 0.328 e. The van der Waals surface area contributed by atoms with Crippen LogP contribution in [0, 0.1) is 0 Å². The second-order valence-corrected chi connectivity index (χ2v) is 10.4. The van der Waals surface area contributed by atoms with Gasteiger partial charge in [-0.3, -0.25) is 4.90 Å². The van der Waals surface area contributed by atoms with Crippen LogP contribution in [-0.4, -0.2) is 35.7 Å². The van der Waals surface area contributed by atoms with Crippen molar-refractivity contribution in [2.75, 3.05) is 14.1 Å². The molecule has 1 aromatic carbocycles. The smallest absolute Gasteiger partial charge is 0.328 e. The molecule has 0 aliphatic rings. The highest BCUT2D eigenvalue weighted by atomic mass is 16.6. The van der Waals surface area contributed by atoms with Gasteiger partial charge in [0.15, 0.2) is 0 Å². The first-order valence-electron chi connectivity index (χ1n) is 9.22. The van der Waals surface area contributed by atoms with Crippen molar-refractivity contribution in [1.82, 2.24) is 4.90 Å². The molecule has 0 radical (unpaired) electrons. The van der Waals surface area contributed by atoms with Crippen LogP contribution >= 0.6 is 0 Å². The minimum absolute atomic E-state index is 0.245. The van der Waals surface area contributed by atoms with Gasteiger partial charge in [-0.25, -0.2) is 4.79 Å². The largest absolute Gasteiger partial charge is 0.507 e. The van der Waals surface area contributed by atoms with Crippen molar-refractivity contribution in [1.29, 1.82) is 0 Å². The van der Waals surface area contributed by atoms with E-state index in [1.54, 1.807) is 0 Å². The zero-order valence-electron chi connectivity index (χ0n) is 18.4. The van der Waals surface area contributed by atoms with Gasteiger partial charge in [0.05, 0.1) is 0 Å². The maximum absolute atomic E-state index is 12.9. The van der Waals surface area contributed by atoms with Gasteiger partial charge in [0.2, 0.25) is 0 Å². The number of esters is 1. The standard InChI is InChI=1S/C22H37NO3/c1-20(2,3)15-12-14(13-16(18(15)24)21(4,5)6)17(23(10)11)19(25)26-22(7,8)9/h12-13,17,24H,1-11H3. The van der Waals surface area contributed by atoms with Crippen molar-refractivity contribution in [3.8, 4) is 5.75 Å². The Kier molecular flexibility index (Phi) is 6.25. The molecule has 0 saturated heterocycles. The number of benzene rings is 1. The number of aromatic hydroxyl groups is 1. The molecular weight excluding hydrogens is 326 g/mol. The van der Waals surface area contributed by atoms with Crippen LogP contribution < -0.4 is 0 Å². The zero-order chi connectivity index (χ0) is 20.7. The Morgan fingerprint density at radius 3 is 1.58 bits per heavy atom. The Bertz CT molecular complexity index is 620. The molecular formula is C22H37NO3. The van der Waals surface area contributed by atoms with Crippen molar-refractivity contribution < 1.29 is 14.6 Å². The number of ether oxygens (including phenoxy) is 1. The van der Waals surface area contributed by atoms with E-state index in [1.165, 1.54) is 0 Å². The summed E-state index contributed by atoms with van der Waals surface area (Å²) in [5, 5.41) is 10.9. The van der Waals surface area contributed by atoms with Crippen LogP contribution in [0.15, 0.2) is 12.1 Å². The second-order valence-electron chi connectivity index (χ2n) is 10.4. The first kappa shape index (κ1) is 22.5. The quantitative estimate of drug-likeness (QED) is 0.774. The maximum atomic E-state index is 12.9. The molecule has 0 saturated carbocycles. The van der Waals surface area contributed by atoms with E-state index in [-0.39, 0.29) is 16.8 Å². The van der Waals surface area contributed by atoms with Crippen LogP contribution in [0.3, 0.4) is 0 Å². The van der Waals surface area contributed by atoms with Gasteiger partial charge in [0.25, 0.3) is 0 Å². The number of carbonyl (C=O) groups is 1. The van der Waals surface area contributed by atoms with Gasteiger partial charge < -0.3 is 9.84 Å². The average Bonchev–Trinajstić information content (AvgIpc) is 2.35. The van der Waals surface area contributed by atoms with Crippen molar-refractivity contribution in [2.24, 2.45) is 0 Å². The molecule has 4 nitrogen and oxygen atoms in total. The molecule has 0 fully saturated rings.